The summed E-state index contributed by atoms with van der Waals surface area (Å²) in [6, 6.07) is 15.7. The molecule has 2 N–H and O–H groups in total. The average molecular weight is 472 g/mol. The molecule has 0 saturated carbocycles. The molecule has 33 heavy (non-hydrogen) atoms. The first-order valence-electron chi connectivity index (χ1n) is 11.0. The highest BCUT2D eigenvalue weighted by Crippen LogP contribution is 2.21. The van der Waals surface area contributed by atoms with Crippen LogP contribution < -0.4 is 14.9 Å². The van der Waals surface area contributed by atoms with Gasteiger partial charge in [-0.3, -0.25) is 0 Å². The van der Waals surface area contributed by atoms with Gasteiger partial charge in [-0.2, -0.15) is 0 Å². The van der Waals surface area contributed by atoms with E-state index in [-0.39, 0.29) is 30.1 Å². The number of sulfonamides is 1. The van der Waals surface area contributed by atoms with Crippen molar-refractivity contribution >= 4 is 21.8 Å². The maximum absolute atomic E-state index is 12.4. The van der Waals surface area contributed by atoms with E-state index in [9.17, 15) is 13.2 Å². The SMILES string of the molecule is CC#CC(CNC(=O)OCc1ccccc1)N(CCC)c1ccc(S(=O)(=O)NC(C)C)cc1. The predicted octanol–water partition coefficient (Wildman–Crippen LogP) is 3.91. The minimum absolute atomic E-state index is 0.190. The van der Waals surface area contributed by atoms with Gasteiger partial charge in [0.1, 0.15) is 12.6 Å². The van der Waals surface area contributed by atoms with Crippen LogP contribution in [-0.4, -0.2) is 39.7 Å². The Balaban J connectivity index is 2.09. The van der Waals surface area contributed by atoms with Gasteiger partial charge >= 0.3 is 6.09 Å². The maximum Gasteiger partial charge on any atom is 0.407 e. The van der Waals surface area contributed by atoms with Crippen LogP contribution in [0.1, 0.15) is 39.7 Å². The number of nitrogens with zero attached hydrogens (tertiary/aromatic N) is 1. The molecule has 178 valence electrons. The number of nitrogens with one attached hydrogen (secondary N) is 2. The van der Waals surface area contributed by atoms with Gasteiger partial charge in [-0.1, -0.05) is 43.2 Å². The third-order valence-electron chi connectivity index (χ3n) is 4.67. The molecule has 0 aliphatic rings. The zero-order valence-electron chi connectivity index (χ0n) is 19.7. The molecule has 0 heterocycles. The molecule has 0 aliphatic carbocycles. The molecule has 8 heteroatoms. The van der Waals surface area contributed by atoms with E-state index in [1.165, 1.54) is 0 Å². The van der Waals surface area contributed by atoms with Gasteiger partial charge in [0.15, 0.2) is 0 Å². The van der Waals surface area contributed by atoms with Crippen molar-refractivity contribution in [3.05, 3.63) is 60.2 Å². The molecule has 1 atom stereocenters. The lowest BCUT2D eigenvalue weighted by molar-refractivity contribution is 0.139. The average Bonchev–Trinajstić information content (AvgIpc) is 2.79. The second kappa shape index (κ2) is 12.9. The summed E-state index contributed by atoms with van der Waals surface area (Å²) in [5.41, 5.74) is 1.74. The molecule has 7 nitrogen and oxygen atoms in total. The van der Waals surface area contributed by atoms with Crippen molar-refractivity contribution in [1.29, 1.82) is 0 Å². The standard InChI is InChI=1S/C25H33N3O4S/c1-5-10-23(18-26-25(29)32-19-21-11-8-7-9-12-21)28(17-6-2)22-13-15-24(16-14-22)33(30,31)27-20(3)4/h7-9,11-16,20,23,27H,6,17-19H2,1-4H3,(H,26,29). The third kappa shape index (κ3) is 8.44. The molecule has 0 bridgehead atoms. The summed E-state index contributed by atoms with van der Waals surface area (Å²) in [6.45, 7) is 8.51. The monoisotopic (exact) mass is 471 g/mol. The summed E-state index contributed by atoms with van der Waals surface area (Å²) in [5, 5.41) is 2.79. The molecule has 0 aliphatic heterocycles. The van der Waals surface area contributed by atoms with Crippen LogP contribution in [0, 0.1) is 11.8 Å². The van der Waals surface area contributed by atoms with Gasteiger partial charge in [-0.25, -0.2) is 17.9 Å². The van der Waals surface area contributed by atoms with E-state index in [0.717, 1.165) is 17.7 Å². The second-order valence-corrected chi connectivity index (χ2v) is 9.53. The first kappa shape index (κ1) is 26.2. The van der Waals surface area contributed by atoms with Crippen LogP contribution in [0.25, 0.3) is 0 Å². The minimum Gasteiger partial charge on any atom is -0.445 e. The van der Waals surface area contributed by atoms with Crippen LogP contribution in [0.5, 0.6) is 0 Å². The van der Waals surface area contributed by atoms with E-state index in [2.05, 4.69) is 33.7 Å². The van der Waals surface area contributed by atoms with Crippen LogP contribution in [0.2, 0.25) is 0 Å². The van der Waals surface area contributed by atoms with Crippen molar-refractivity contribution < 1.29 is 17.9 Å². The fraction of sp³-hybridized carbons (Fsp3) is 0.400. The number of carbonyl (C=O) groups excluding carboxylic acids is 1. The largest absolute Gasteiger partial charge is 0.445 e. The fourth-order valence-corrected chi connectivity index (χ4v) is 4.51. The number of alkyl carbamates (subject to hydrolysis) is 1. The number of amides is 1. The molecule has 0 saturated heterocycles. The van der Waals surface area contributed by atoms with E-state index in [1.807, 2.05) is 30.3 Å². The molecule has 1 unspecified atom stereocenters. The van der Waals surface area contributed by atoms with Gasteiger partial charge in [0, 0.05) is 18.3 Å². The lowest BCUT2D eigenvalue weighted by atomic mass is 10.2. The van der Waals surface area contributed by atoms with E-state index in [4.69, 9.17) is 4.74 Å². The molecular weight excluding hydrogens is 438 g/mol. The van der Waals surface area contributed by atoms with Crippen molar-refractivity contribution in [2.75, 3.05) is 18.0 Å². The van der Waals surface area contributed by atoms with Gasteiger partial charge < -0.3 is 15.0 Å². The Morgan fingerprint density at radius 1 is 1.09 bits per heavy atom. The Kier molecular flexibility index (Phi) is 10.2. The molecule has 2 aromatic rings. The van der Waals surface area contributed by atoms with Crippen LogP contribution in [-0.2, 0) is 21.4 Å². The molecule has 2 aromatic carbocycles. The van der Waals surface area contributed by atoms with Crippen molar-refractivity contribution in [2.24, 2.45) is 0 Å². The molecule has 1 amide bonds. The smallest absolute Gasteiger partial charge is 0.407 e. The first-order chi connectivity index (χ1) is 15.8. The summed E-state index contributed by atoms with van der Waals surface area (Å²) >= 11 is 0. The van der Waals surface area contributed by atoms with Crippen molar-refractivity contribution in [3.63, 3.8) is 0 Å². The Bertz CT molecular complexity index is 1040. The van der Waals surface area contributed by atoms with Gasteiger partial charge in [0.25, 0.3) is 0 Å². The number of benzene rings is 2. The van der Waals surface area contributed by atoms with Gasteiger partial charge in [0.2, 0.25) is 10.0 Å². The normalized spacial score (nSPS) is 11.9. The Morgan fingerprint density at radius 2 is 1.76 bits per heavy atom. The predicted molar refractivity (Wildman–Crippen MR) is 131 cm³/mol. The highest BCUT2D eigenvalue weighted by molar-refractivity contribution is 7.89. The van der Waals surface area contributed by atoms with Crippen molar-refractivity contribution in [3.8, 4) is 11.8 Å². The summed E-state index contributed by atoms with van der Waals surface area (Å²) in [6.07, 6.45) is 0.342. The van der Waals surface area contributed by atoms with E-state index < -0.39 is 16.1 Å². The number of hydrogen-bond donors (Lipinski definition) is 2. The van der Waals surface area contributed by atoms with E-state index in [1.54, 1.807) is 45.0 Å². The Hall–Kier alpha value is -3.02. The van der Waals surface area contributed by atoms with Crippen molar-refractivity contribution in [2.45, 2.75) is 57.7 Å². The molecule has 0 aromatic heterocycles. The minimum atomic E-state index is -3.57. The van der Waals surface area contributed by atoms with Gasteiger partial charge in [-0.05, 0) is 57.0 Å². The third-order valence-corrected chi connectivity index (χ3v) is 6.35. The van der Waals surface area contributed by atoms with E-state index in [0.29, 0.717) is 6.54 Å². The van der Waals surface area contributed by atoms with Gasteiger partial charge in [-0.15, -0.1) is 5.92 Å². The number of carbonyl (C=O) groups is 1. The molecular formula is C25H33N3O4S. The molecule has 2 rings (SSSR count). The molecule has 0 fully saturated rings. The molecule has 0 radical (unpaired) electrons. The van der Waals surface area contributed by atoms with E-state index >= 15 is 0 Å². The summed E-state index contributed by atoms with van der Waals surface area (Å²) in [5.74, 6) is 6.07. The van der Waals surface area contributed by atoms with Crippen LogP contribution in [0.4, 0.5) is 10.5 Å². The lowest BCUT2D eigenvalue weighted by Crippen LogP contribution is -2.44. The highest BCUT2D eigenvalue weighted by atomic mass is 32.2. The van der Waals surface area contributed by atoms with Gasteiger partial charge in [0.05, 0.1) is 11.4 Å². The number of ether oxygens (including phenoxy) is 1. The Labute approximate surface area is 197 Å². The molecule has 0 spiro atoms. The highest BCUT2D eigenvalue weighted by Gasteiger charge is 2.20. The summed E-state index contributed by atoms with van der Waals surface area (Å²) in [7, 11) is -3.57. The maximum atomic E-state index is 12.4. The zero-order valence-corrected chi connectivity index (χ0v) is 20.5. The fourth-order valence-electron chi connectivity index (χ4n) is 3.26. The lowest BCUT2D eigenvalue weighted by Gasteiger charge is -2.30. The van der Waals surface area contributed by atoms with Crippen molar-refractivity contribution in [1.82, 2.24) is 10.0 Å². The second-order valence-electron chi connectivity index (χ2n) is 7.82. The number of anilines is 1. The van der Waals surface area contributed by atoms with Crippen LogP contribution >= 0.6 is 0 Å². The number of hydrogen-bond acceptors (Lipinski definition) is 5. The summed E-state index contributed by atoms with van der Waals surface area (Å²) < 4.78 is 32.7. The zero-order chi connectivity index (χ0) is 24.3. The first-order valence-corrected chi connectivity index (χ1v) is 12.5. The Morgan fingerprint density at radius 3 is 2.33 bits per heavy atom. The summed E-state index contributed by atoms with van der Waals surface area (Å²) in [4.78, 5) is 14.5. The quantitative estimate of drug-likeness (QED) is 0.485. The van der Waals surface area contributed by atoms with Crippen LogP contribution in [0.3, 0.4) is 0 Å². The van der Waals surface area contributed by atoms with Crippen LogP contribution in [0.15, 0.2) is 59.5 Å². The number of rotatable bonds is 11. The topological polar surface area (TPSA) is 87.7 Å².